The van der Waals surface area contributed by atoms with Gasteiger partial charge in [-0.1, -0.05) is 27.7 Å². The average molecular weight is 342 g/mol. The number of carbonyl (C=O) groups is 1. The van der Waals surface area contributed by atoms with Crippen molar-refractivity contribution in [1.82, 2.24) is 14.8 Å². The Morgan fingerprint density at radius 1 is 1.28 bits per heavy atom. The Kier molecular flexibility index (Phi) is 6.95. The van der Waals surface area contributed by atoms with Gasteiger partial charge in [0.2, 0.25) is 0 Å². The maximum Gasteiger partial charge on any atom is 0.272 e. The molecule has 0 aromatic carbocycles. The van der Waals surface area contributed by atoms with Crippen LogP contribution in [0.5, 0.6) is 0 Å². The highest BCUT2D eigenvalue weighted by Gasteiger charge is 2.29. The van der Waals surface area contributed by atoms with Gasteiger partial charge in [-0.05, 0) is 36.8 Å². The Morgan fingerprint density at radius 3 is 2.48 bits per heavy atom. The largest absolute Gasteiger partial charge is 0.337 e. The van der Waals surface area contributed by atoms with Crippen LogP contribution in [0.1, 0.15) is 62.3 Å². The summed E-state index contributed by atoms with van der Waals surface area (Å²) in [4.78, 5) is 21.2. The lowest BCUT2D eigenvalue weighted by Gasteiger charge is -2.41. The second-order valence-corrected chi connectivity index (χ2v) is 7.04. The topological polar surface area (TPSA) is 60.2 Å². The van der Waals surface area contributed by atoms with Crippen LogP contribution < -0.4 is 0 Å². The highest BCUT2D eigenvalue weighted by Crippen LogP contribution is 2.25. The van der Waals surface area contributed by atoms with E-state index in [2.05, 4.69) is 29.8 Å². The van der Waals surface area contributed by atoms with Crippen molar-refractivity contribution in [1.29, 1.82) is 5.26 Å². The average Bonchev–Trinajstić information content (AvgIpc) is 3.12. The van der Waals surface area contributed by atoms with Gasteiger partial charge in [-0.15, -0.1) is 0 Å². The fourth-order valence-corrected chi connectivity index (χ4v) is 3.31. The van der Waals surface area contributed by atoms with Crippen LogP contribution in [0.15, 0.2) is 12.1 Å². The van der Waals surface area contributed by atoms with Crippen molar-refractivity contribution in [2.75, 3.05) is 26.2 Å². The van der Waals surface area contributed by atoms with Crippen LogP contribution >= 0.6 is 0 Å². The van der Waals surface area contributed by atoms with E-state index in [0.717, 1.165) is 57.2 Å². The number of carbonyl (C=O) groups excluding carboxylic acids is 1. The van der Waals surface area contributed by atoms with Crippen LogP contribution in [0.2, 0.25) is 0 Å². The molecule has 2 fully saturated rings. The lowest BCUT2D eigenvalue weighted by molar-refractivity contribution is 0.0600. The number of hydrogen-bond acceptors (Lipinski definition) is 4. The van der Waals surface area contributed by atoms with Gasteiger partial charge in [-0.2, -0.15) is 5.26 Å². The van der Waals surface area contributed by atoms with Gasteiger partial charge in [-0.25, -0.2) is 4.98 Å². The molecular formula is C20H30N4O. The fourth-order valence-electron chi connectivity index (χ4n) is 3.31. The molecule has 1 aromatic heterocycles. The summed E-state index contributed by atoms with van der Waals surface area (Å²) in [6.45, 7) is 13.0. The van der Waals surface area contributed by atoms with Crippen LogP contribution in [0.3, 0.4) is 0 Å². The van der Waals surface area contributed by atoms with Crippen LogP contribution in [0, 0.1) is 23.2 Å². The molecule has 25 heavy (non-hydrogen) atoms. The number of nitrogens with zero attached hydrogens (tertiary/aromatic N) is 4. The van der Waals surface area contributed by atoms with Gasteiger partial charge in [-0.3, -0.25) is 9.69 Å². The van der Waals surface area contributed by atoms with Gasteiger partial charge in [0.15, 0.2) is 0 Å². The second-order valence-electron chi connectivity index (χ2n) is 7.04. The summed E-state index contributed by atoms with van der Waals surface area (Å²) in [6.07, 6.45) is 2.11. The minimum Gasteiger partial charge on any atom is -0.337 e. The maximum absolute atomic E-state index is 12.5. The molecule has 2 aliphatic rings. The molecule has 3 rings (SSSR count). The van der Waals surface area contributed by atoms with Gasteiger partial charge in [0.05, 0.1) is 17.3 Å². The minimum atomic E-state index is -0.0375. The van der Waals surface area contributed by atoms with Crippen LogP contribution in [-0.2, 0) is 6.54 Å². The standard InChI is InChI=1S/C18H24N4O.C2H6/c1-13(2)15-10-21(11-15)12-16-7-14(9-19)8-17(20-16)18(23)22-5-3-4-6-22;1-2/h7-8,13,15H,3-6,10-12H2,1-2H3;1-2H3. The Morgan fingerprint density at radius 2 is 1.92 bits per heavy atom. The molecule has 0 bridgehead atoms. The zero-order valence-corrected chi connectivity index (χ0v) is 16.0. The molecule has 1 aromatic rings. The molecule has 0 atom stereocenters. The van der Waals surface area contributed by atoms with Crippen molar-refractivity contribution in [3.8, 4) is 6.07 Å². The fraction of sp³-hybridized carbons (Fsp3) is 0.650. The third kappa shape index (κ3) is 4.79. The minimum absolute atomic E-state index is 0.0375. The molecule has 3 heterocycles. The van der Waals surface area contributed by atoms with Crippen LogP contribution in [0.4, 0.5) is 0 Å². The number of pyridine rings is 1. The number of amides is 1. The van der Waals surface area contributed by atoms with Crippen LogP contribution in [-0.4, -0.2) is 46.9 Å². The second kappa shape index (κ2) is 8.96. The number of nitriles is 1. The first-order chi connectivity index (χ1) is 12.1. The van der Waals surface area contributed by atoms with E-state index < -0.39 is 0 Å². The highest BCUT2D eigenvalue weighted by molar-refractivity contribution is 5.92. The molecule has 0 spiro atoms. The van der Waals surface area contributed by atoms with Gasteiger partial charge in [0.25, 0.3) is 5.91 Å². The highest BCUT2D eigenvalue weighted by atomic mass is 16.2. The first kappa shape index (κ1) is 19.4. The van der Waals surface area contributed by atoms with Crippen molar-refractivity contribution in [2.45, 2.75) is 47.1 Å². The third-order valence-electron chi connectivity index (χ3n) is 4.93. The van der Waals surface area contributed by atoms with E-state index >= 15 is 0 Å². The quantitative estimate of drug-likeness (QED) is 0.842. The van der Waals surface area contributed by atoms with E-state index in [1.807, 2.05) is 24.8 Å². The maximum atomic E-state index is 12.5. The Labute approximate surface area is 151 Å². The van der Waals surface area contributed by atoms with Gasteiger partial charge >= 0.3 is 0 Å². The summed E-state index contributed by atoms with van der Waals surface area (Å²) in [5, 5.41) is 9.24. The molecule has 0 saturated carbocycles. The molecule has 2 saturated heterocycles. The summed E-state index contributed by atoms with van der Waals surface area (Å²) in [5.74, 6) is 1.42. The number of hydrogen-bond donors (Lipinski definition) is 0. The summed E-state index contributed by atoms with van der Waals surface area (Å²) in [6, 6.07) is 5.59. The molecule has 2 aliphatic heterocycles. The first-order valence-electron chi connectivity index (χ1n) is 9.49. The molecule has 0 N–H and O–H groups in total. The number of likely N-dealkylation sites (tertiary alicyclic amines) is 2. The zero-order valence-electron chi connectivity index (χ0n) is 16.0. The number of aromatic nitrogens is 1. The third-order valence-corrected chi connectivity index (χ3v) is 4.93. The summed E-state index contributed by atoms with van der Waals surface area (Å²) in [5.41, 5.74) is 1.77. The Balaban J connectivity index is 0.00000109. The van der Waals surface area contributed by atoms with Gasteiger partial charge in [0.1, 0.15) is 5.69 Å². The monoisotopic (exact) mass is 342 g/mol. The summed E-state index contributed by atoms with van der Waals surface area (Å²) >= 11 is 0. The number of rotatable bonds is 4. The Bertz CT molecular complexity index is 623. The molecule has 0 radical (unpaired) electrons. The van der Waals surface area contributed by atoms with Gasteiger partial charge < -0.3 is 4.90 Å². The molecule has 136 valence electrons. The lowest BCUT2D eigenvalue weighted by atomic mass is 9.88. The zero-order chi connectivity index (χ0) is 18.4. The molecule has 1 amide bonds. The smallest absolute Gasteiger partial charge is 0.272 e. The molecule has 5 nitrogen and oxygen atoms in total. The normalized spacial score (nSPS) is 17.7. The van der Waals surface area contributed by atoms with Crippen molar-refractivity contribution < 1.29 is 4.79 Å². The van der Waals surface area contributed by atoms with Crippen LogP contribution in [0.25, 0.3) is 0 Å². The van der Waals surface area contributed by atoms with Crippen molar-refractivity contribution in [2.24, 2.45) is 11.8 Å². The molecule has 0 unspecified atom stereocenters. The molecule has 5 heteroatoms. The van der Waals surface area contributed by atoms with E-state index in [1.54, 1.807) is 6.07 Å². The van der Waals surface area contributed by atoms with E-state index in [1.165, 1.54) is 0 Å². The first-order valence-corrected chi connectivity index (χ1v) is 9.49. The van der Waals surface area contributed by atoms with E-state index in [0.29, 0.717) is 17.2 Å². The SMILES string of the molecule is CC.CC(C)C1CN(Cc2cc(C#N)cc(C(=O)N3CCCC3)n2)C1. The van der Waals surface area contributed by atoms with E-state index in [9.17, 15) is 10.1 Å². The lowest BCUT2D eigenvalue weighted by Crippen LogP contribution is -2.48. The van der Waals surface area contributed by atoms with Crippen molar-refractivity contribution in [3.63, 3.8) is 0 Å². The van der Waals surface area contributed by atoms with Crippen molar-refractivity contribution >= 4 is 5.91 Å². The van der Waals surface area contributed by atoms with E-state index in [4.69, 9.17) is 0 Å². The molecular weight excluding hydrogens is 312 g/mol. The van der Waals surface area contributed by atoms with Crippen molar-refractivity contribution in [3.05, 3.63) is 29.1 Å². The predicted octanol–water partition coefficient (Wildman–Crippen LogP) is 3.30. The Hall–Kier alpha value is -1.93. The molecule has 0 aliphatic carbocycles. The summed E-state index contributed by atoms with van der Waals surface area (Å²) in [7, 11) is 0. The van der Waals surface area contributed by atoms with Gasteiger partial charge in [0, 0.05) is 32.7 Å². The van der Waals surface area contributed by atoms with E-state index in [-0.39, 0.29) is 5.91 Å². The summed E-state index contributed by atoms with van der Waals surface area (Å²) < 4.78 is 0. The predicted molar refractivity (Wildman–Crippen MR) is 99.0 cm³/mol.